The van der Waals surface area contributed by atoms with Gasteiger partial charge < -0.3 is 16.4 Å². The Morgan fingerprint density at radius 3 is 1.98 bits per heavy atom. The van der Waals surface area contributed by atoms with Crippen molar-refractivity contribution in [3.05, 3.63) is 35.9 Å². The molecule has 0 spiro atoms. The summed E-state index contributed by atoms with van der Waals surface area (Å²) in [7, 11) is 0. The molecule has 1 heterocycles. The first-order valence-corrected chi connectivity index (χ1v) is 17.8. The third-order valence-electron chi connectivity index (χ3n) is 7.08. The Hall–Kier alpha value is -3.27. The van der Waals surface area contributed by atoms with Crippen molar-refractivity contribution in [3.63, 3.8) is 0 Å². The van der Waals surface area contributed by atoms with Crippen molar-refractivity contribution < 1.29 is 54.7 Å². The van der Waals surface area contributed by atoms with E-state index in [1.165, 1.54) is 6.92 Å². The molecule has 5 amide bonds. The van der Waals surface area contributed by atoms with Crippen LogP contribution in [0.5, 0.6) is 0 Å². The molecule has 1 saturated heterocycles. The van der Waals surface area contributed by atoms with Crippen LogP contribution in [0.15, 0.2) is 30.3 Å². The van der Waals surface area contributed by atoms with Crippen molar-refractivity contribution in [2.45, 2.75) is 77.7 Å². The fraction of sp³-hybridized carbons (Fsp3) is 0.600. The summed E-state index contributed by atoms with van der Waals surface area (Å²) in [6, 6.07) is 5.25. The Bertz CT molecular complexity index is 1150. The molecular formula is C30H46IN6O7-. The SMILES string of the molecule is CCC(C)C(NC(=O)C(C)N)C(=O)NCC(=O)NC(Cc1ccccc1)C(=O)NC(C(=O)NCC(=O)OC1C[I-]C1)C(C)C. The number of nitrogens with one attached hydrogen (secondary N) is 5. The van der Waals surface area contributed by atoms with E-state index >= 15 is 0 Å². The van der Waals surface area contributed by atoms with Crippen molar-refractivity contribution in [3.8, 4) is 0 Å². The number of rotatable bonds is 17. The summed E-state index contributed by atoms with van der Waals surface area (Å²) >= 11 is 0.134. The number of carbonyl (C=O) groups excluding carboxylic acids is 6. The van der Waals surface area contributed by atoms with Gasteiger partial charge in [-0.2, -0.15) is 0 Å². The van der Waals surface area contributed by atoms with Crippen LogP contribution >= 0.6 is 0 Å². The molecule has 5 unspecified atom stereocenters. The van der Waals surface area contributed by atoms with Gasteiger partial charge in [0.2, 0.25) is 17.7 Å². The summed E-state index contributed by atoms with van der Waals surface area (Å²) in [4.78, 5) is 76.4. The van der Waals surface area contributed by atoms with E-state index in [0.717, 1.165) is 14.4 Å². The second-order valence-electron chi connectivity index (χ2n) is 11.2. The van der Waals surface area contributed by atoms with E-state index in [1.54, 1.807) is 45.0 Å². The molecule has 44 heavy (non-hydrogen) atoms. The number of ether oxygens (including phenoxy) is 1. The van der Waals surface area contributed by atoms with Crippen molar-refractivity contribution >= 4 is 35.5 Å². The van der Waals surface area contributed by atoms with Gasteiger partial charge in [-0.1, -0.05) is 50.6 Å². The Kier molecular flexibility index (Phi) is 15.5. The van der Waals surface area contributed by atoms with E-state index in [-0.39, 0.29) is 52.1 Å². The summed E-state index contributed by atoms with van der Waals surface area (Å²) in [5.41, 5.74) is 6.39. The molecule has 7 N–H and O–H groups in total. The molecule has 246 valence electrons. The van der Waals surface area contributed by atoms with Crippen LogP contribution in [0, 0.1) is 11.8 Å². The Morgan fingerprint density at radius 1 is 0.841 bits per heavy atom. The molecule has 0 aromatic heterocycles. The second-order valence-corrected chi connectivity index (χ2v) is 14.1. The summed E-state index contributed by atoms with van der Waals surface area (Å²) in [6.45, 7) is 7.92. The molecule has 2 rings (SSSR count). The number of nitrogens with two attached hydrogens (primary N) is 1. The zero-order valence-corrected chi connectivity index (χ0v) is 28.1. The zero-order chi connectivity index (χ0) is 32.8. The van der Waals surface area contributed by atoms with Crippen LogP contribution < -0.4 is 53.5 Å². The molecule has 5 atom stereocenters. The van der Waals surface area contributed by atoms with Crippen LogP contribution in [0.2, 0.25) is 0 Å². The maximum absolute atomic E-state index is 13.5. The molecule has 1 aliphatic rings. The number of amides is 5. The first-order valence-electron chi connectivity index (χ1n) is 14.8. The van der Waals surface area contributed by atoms with E-state index in [0.29, 0.717) is 6.42 Å². The predicted molar refractivity (Wildman–Crippen MR) is 160 cm³/mol. The number of halogens is 1. The Balaban J connectivity index is 2.06. The number of hydrogen-bond donors (Lipinski definition) is 6. The summed E-state index contributed by atoms with van der Waals surface area (Å²) in [6.07, 6.45) is 0.653. The normalized spacial score (nSPS) is 16.4. The number of hydrogen-bond acceptors (Lipinski definition) is 8. The molecule has 1 aliphatic heterocycles. The standard InChI is InChI=1S/C30H46IN6O7/c1-6-18(4)26(37-27(40)19(5)32)30(43)33-15-23(38)35-22(12-20-10-8-7-9-11-20)28(41)36-25(17(2)3)29(42)34-16-24(39)44-21-13-31-14-21/h7-11,17-19,21-22,25-26H,6,12-16,32H2,1-5H3,(H,33,43)(H,34,42)(H,35,38)(H,36,41)(H,37,40)/q-1. The fourth-order valence-electron chi connectivity index (χ4n) is 4.12. The zero-order valence-electron chi connectivity index (χ0n) is 26.0. The van der Waals surface area contributed by atoms with E-state index in [2.05, 4.69) is 26.6 Å². The molecule has 14 heteroatoms. The molecular weight excluding hydrogens is 683 g/mol. The van der Waals surface area contributed by atoms with Gasteiger partial charge in [0, 0.05) is 0 Å². The number of alkyl halides is 2. The van der Waals surface area contributed by atoms with Crippen LogP contribution in [0.3, 0.4) is 0 Å². The molecule has 13 nitrogen and oxygen atoms in total. The van der Waals surface area contributed by atoms with Gasteiger partial charge in [-0.3, -0.25) is 14.4 Å². The molecule has 1 fully saturated rings. The number of carbonyl (C=O) groups is 6. The van der Waals surface area contributed by atoms with Crippen molar-refractivity contribution in [1.29, 1.82) is 0 Å². The third-order valence-corrected chi connectivity index (χ3v) is 10.3. The minimum absolute atomic E-state index is 0.0609. The van der Waals surface area contributed by atoms with Crippen LogP contribution in [0.25, 0.3) is 0 Å². The van der Waals surface area contributed by atoms with Gasteiger partial charge in [-0.15, -0.1) is 0 Å². The monoisotopic (exact) mass is 729 g/mol. The van der Waals surface area contributed by atoms with E-state index in [1.807, 2.05) is 13.0 Å². The van der Waals surface area contributed by atoms with Gasteiger partial charge in [0.15, 0.2) is 0 Å². The van der Waals surface area contributed by atoms with Crippen molar-refractivity contribution in [2.24, 2.45) is 17.6 Å². The number of esters is 1. The molecule has 0 bridgehead atoms. The predicted octanol–water partition coefficient (Wildman–Crippen LogP) is -4.02. The van der Waals surface area contributed by atoms with Crippen LogP contribution in [-0.2, 0) is 39.9 Å². The summed E-state index contributed by atoms with van der Waals surface area (Å²) in [5, 5.41) is 13.0. The molecule has 0 saturated carbocycles. The second kappa shape index (κ2) is 18.5. The average Bonchev–Trinajstić information content (AvgIpc) is 2.97. The van der Waals surface area contributed by atoms with E-state index in [4.69, 9.17) is 10.5 Å². The number of benzene rings is 1. The molecule has 0 aliphatic carbocycles. The van der Waals surface area contributed by atoms with Crippen molar-refractivity contribution in [1.82, 2.24) is 26.6 Å². The quantitative estimate of drug-likeness (QED) is 0.0530. The Morgan fingerprint density at radius 2 is 1.43 bits per heavy atom. The van der Waals surface area contributed by atoms with Gasteiger partial charge in [0.1, 0.15) is 6.04 Å². The fourth-order valence-corrected chi connectivity index (χ4v) is 5.61. The van der Waals surface area contributed by atoms with Gasteiger partial charge >= 0.3 is 134 Å². The average molecular weight is 730 g/mol. The topological polar surface area (TPSA) is 198 Å². The first-order chi connectivity index (χ1) is 20.8. The summed E-state index contributed by atoms with van der Waals surface area (Å²) < 4.78 is 7.13. The van der Waals surface area contributed by atoms with E-state index < -0.39 is 66.2 Å². The molecule has 0 radical (unpaired) electrons. The molecule has 1 aromatic rings. The third kappa shape index (κ3) is 12.4. The van der Waals surface area contributed by atoms with Gasteiger partial charge in [0.25, 0.3) is 0 Å². The Labute approximate surface area is 269 Å². The maximum atomic E-state index is 13.5. The van der Waals surface area contributed by atoms with E-state index in [9.17, 15) is 28.8 Å². The van der Waals surface area contributed by atoms with Crippen molar-refractivity contribution in [2.75, 3.05) is 21.9 Å². The first kappa shape index (κ1) is 36.9. The van der Waals surface area contributed by atoms with Crippen LogP contribution in [-0.4, -0.2) is 87.7 Å². The van der Waals surface area contributed by atoms with Crippen LogP contribution in [0.1, 0.15) is 46.6 Å². The molecule has 1 aromatic carbocycles. The van der Waals surface area contributed by atoms with Gasteiger partial charge in [-0.05, 0) is 18.4 Å². The summed E-state index contributed by atoms with van der Waals surface area (Å²) in [5.74, 6) is -3.91. The minimum atomic E-state index is -1.08. The van der Waals surface area contributed by atoms with Crippen LogP contribution in [0.4, 0.5) is 0 Å². The van der Waals surface area contributed by atoms with Gasteiger partial charge in [0.05, 0.1) is 12.6 Å². The van der Waals surface area contributed by atoms with Gasteiger partial charge in [-0.25, -0.2) is 0 Å².